The number of halogens is 1. The zero-order chi connectivity index (χ0) is 14.9. The summed E-state index contributed by atoms with van der Waals surface area (Å²) in [7, 11) is 0. The maximum absolute atomic E-state index is 6.01. The summed E-state index contributed by atoms with van der Waals surface area (Å²) in [6.45, 7) is 0. The predicted octanol–water partition coefficient (Wildman–Crippen LogP) is 6.10. The number of benzene rings is 3. The molecule has 3 aromatic carbocycles. The zero-order valence-corrected chi connectivity index (χ0v) is 12.8. The zero-order valence-electron chi connectivity index (χ0n) is 12.1. The molecule has 0 N–H and O–H groups in total. The van der Waals surface area contributed by atoms with E-state index in [0.29, 0.717) is 0 Å². The Morgan fingerprint density at radius 2 is 1.45 bits per heavy atom. The molecule has 4 rings (SSSR count). The molecular weight excluding hydrogens is 288 g/mol. The van der Waals surface area contributed by atoms with Gasteiger partial charge in [0.1, 0.15) is 0 Å². The first-order chi connectivity index (χ1) is 10.8. The van der Waals surface area contributed by atoms with Crippen LogP contribution in [0, 0.1) is 0 Å². The van der Waals surface area contributed by atoms with Gasteiger partial charge < -0.3 is 0 Å². The van der Waals surface area contributed by atoms with Gasteiger partial charge in [-0.25, -0.2) is 0 Å². The lowest BCUT2D eigenvalue weighted by atomic mass is 9.95. The van der Waals surface area contributed by atoms with Crippen molar-refractivity contribution < 1.29 is 0 Å². The highest BCUT2D eigenvalue weighted by Crippen LogP contribution is 2.37. The van der Waals surface area contributed by atoms with Crippen LogP contribution >= 0.6 is 11.6 Å². The average Bonchev–Trinajstić information content (AvgIpc) is 3.01. The van der Waals surface area contributed by atoms with Crippen molar-refractivity contribution >= 4 is 23.3 Å². The molecule has 0 saturated heterocycles. The molecule has 0 saturated carbocycles. The molecule has 0 heterocycles. The minimum absolute atomic E-state index is 0.777. The van der Waals surface area contributed by atoms with E-state index in [0.717, 1.165) is 11.4 Å². The van der Waals surface area contributed by atoms with E-state index in [9.17, 15) is 0 Å². The Labute approximate surface area is 135 Å². The molecule has 0 aromatic heterocycles. The van der Waals surface area contributed by atoms with Crippen molar-refractivity contribution in [2.24, 2.45) is 0 Å². The Balaban J connectivity index is 1.76. The fraction of sp³-hybridized carbons (Fsp3) is 0.0476. The van der Waals surface area contributed by atoms with E-state index in [1.165, 1.54) is 33.4 Å². The number of allylic oxidation sites excluding steroid dienone is 1. The summed E-state index contributed by atoms with van der Waals surface area (Å²) in [5, 5.41) is 0.777. The summed E-state index contributed by atoms with van der Waals surface area (Å²) in [5.74, 6) is 0. The second-order valence-electron chi connectivity index (χ2n) is 5.59. The predicted molar refractivity (Wildman–Crippen MR) is 94.9 cm³/mol. The van der Waals surface area contributed by atoms with Crippen molar-refractivity contribution in [1.82, 2.24) is 0 Å². The topological polar surface area (TPSA) is 0 Å². The van der Waals surface area contributed by atoms with Gasteiger partial charge in [0.25, 0.3) is 0 Å². The Bertz CT molecular complexity index is 843. The number of hydrogen-bond acceptors (Lipinski definition) is 0. The van der Waals surface area contributed by atoms with E-state index in [4.69, 9.17) is 11.6 Å². The van der Waals surface area contributed by atoms with E-state index < -0.39 is 0 Å². The van der Waals surface area contributed by atoms with Gasteiger partial charge in [-0.15, -0.1) is 0 Å². The third kappa shape index (κ3) is 2.36. The molecule has 22 heavy (non-hydrogen) atoms. The van der Waals surface area contributed by atoms with E-state index in [1.54, 1.807) is 0 Å². The molecule has 3 aromatic rings. The largest absolute Gasteiger partial charge is 0.0843 e. The van der Waals surface area contributed by atoms with Crippen LogP contribution < -0.4 is 0 Å². The molecule has 0 spiro atoms. The van der Waals surface area contributed by atoms with Gasteiger partial charge in [0.2, 0.25) is 0 Å². The SMILES string of the molecule is Clc1ccc(-c2cccc3c2CC(c2ccccc2)=C3)cc1. The molecule has 0 atom stereocenters. The van der Waals surface area contributed by atoms with Gasteiger partial charge in [-0.3, -0.25) is 0 Å². The molecule has 0 radical (unpaired) electrons. The van der Waals surface area contributed by atoms with Gasteiger partial charge in [-0.2, -0.15) is 0 Å². The lowest BCUT2D eigenvalue weighted by molar-refractivity contribution is 1.31. The van der Waals surface area contributed by atoms with Crippen LogP contribution in [-0.4, -0.2) is 0 Å². The lowest BCUT2D eigenvalue weighted by Crippen LogP contribution is -1.90. The molecule has 1 heteroatoms. The third-order valence-electron chi connectivity index (χ3n) is 4.21. The summed E-state index contributed by atoms with van der Waals surface area (Å²) in [4.78, 5) is 0. The van der Waals surface area contributed by atoms with Crippen molar-refractivity contribution in [2.75, 3.05) is 0 Å². The Kier molecular flexibility index (Phi) is 3.32. The highest BCUT2D eigenvalue weighted by Gasteiger charge is 2.17. The molecule has 0 fully saturated rings. The van der Waals surface area contributed by atoms with E-state index >= 15 is 0 Å². The standard InChI is InChI=1S/C21H15Cl/c22-19-11-9-16(10-12-19)20-8-4-7-17-13-18(14-21(17)20)15-5-2-1-3-6-15/h1-13H,14H2. The van der Waals surface area contributed by atoms with Gasteiger partial charge >= 0.3 is 0 Å². The summed E-state index contributed by atoms with van der Waals surface area (Å²) in [6.07, 6.45) is 3.29. The van der Waals surface area contributed by atoms with E-state index in [1.807, 2.05) is 12.1 Å². The minimum Gasteiger partial charge on any atom is -0.0843 e. The summed E-state index contributed by atoms with van der Waals surface area (Å²) in [5.41, 5.74) is 7.95. The molecular formula is C21H15Cl. The van der Waals surface area contributed by atoms with Crippen molar-refractivity contribution in [3.05, 3.63) is 94.5 Å². The van der Waals surface area contributed by atoms with Crippen LogP contribution in [-0.2, 0) is 6.42 Å². The third-order valence-corrected chi connectivity index (χ3v) is 4.46. The maximum Gasteiger partial charge on any atom is 0.0406 e. The van der Waals surface area contributed by atoms with E-state index in [-0.39, 0.29) is 0 Å². The number of hydrogen-bond donors (Lipinski definition) is 0. The highest BCUT2D eigenvalue weighted by molar-refractivity contribution is 6.30. The average molecular weight is 303 g/mol. The summed E-state index contributed by atoms with van der Waals surface area (Å²) >= 11 is 6.01. The minimum atomic E-state index is 0.777. The van der Waals surface area contributed by atoms with Gasteiger partial charge in [0.05, 0.1) is 0 Å². The number of fused-ring (bicyclic) bond motifs is 1. The van der Waals surface area contributed by atoms with Crippen molar-refractivity contribution in [2.45, 2.75) is 6.42 Å². The van der Waals surface area contributed by atoms with Gasteiger partial charge in [0.15, 0.2) is 0 Å². The van der Waals surface area contributed by atoms with Gasteiger partial charge in [0, 0.05) is 5.02 Å². The molecule has 0 unspecified atom stereocenters. The fourth-order valence-electron chi connectivity index (χ4n) is 3.10. The molecule has 0 bridgehead atoms. The molecule has 1 aliphatic carbocycles. The van der Waals surface area contributed by atoms with Crippen LogP contribution in [0.2, 0.25) is 5.02 Å². The maximum atomic E-state index is 6.01. The fourth-order valence-corrected chi connectivity index (χ4v) is 3.23. The monoisotopic (exact) mass is 302 g/mol. The molecule has 0 nitrogen and oxygen atoms in total. The van der Waals surface area contributed by atoms with Crippen molar-refractivity contribution in [3.8, 4) is 11.1 Å². The van der Waals surface area contributed by atoms with Crippen LogP contribution in [0.4, 0.5) is 0 Å². The first-order valence-corrected chi connectivity index (χ1v) is 7.83. The van der Waals surface area contributed by atoms with Crippen LogP contribution in [0.5, 0.6) is 0 Å². The van der Waals surface area contributed by atoms with Crippen LogP contribution in [0.25, 0.3) is 22.8 Å². The summed E-state index contributed by atoms with van der Waals surface area (Å²) < 4.78 is 0. The normalized spacial score (nSPS) is 12.9. The Morgan fingerprint density at radius 3 is 2.23 bits per heavy atom. The second kappa shape index (κ2) is 5.47. The van der Waals surface area contributed by atoms with Crippen LogP contribution in [0.15, 0.2) is 72.8 Å². The van der Waals surface area contributed by atoms with Crippen LogP contribution in [0.3, 0.4) is 0 Å². The first-order valence-electron chi connectivity index (χ1n) is 7.45. The van der Waals surface area contributed by atoms with Crippen molar-refractivity contribution in [3.63, 3.8) is 0 Å². The Morgan fingerprint density at radius 1 is 0.682 bits per heavy atom. The first kappa shape index (κ1) is 13.4. The molecule has 106 valence electrons. The molecule has 0 amide bonds. The van der Waals surface area contributed by atoms with Gasteiger partial charge in [-0.05, 0) is 51.9 Å². The summed E-state index contributed by atoms with van der Waals surface area (Å²) in [6, 6.07) is 25.2. The van der Waals surface area contributed by atoms with Crippen LogP contribution in [0.1, 0.15) is 16.7 Å². The lowest BCUT2D eigenvalue weighted by Gasteiger charge is -2.09. The molecule has 0 aliphatic heterocycles. The smallest absolute Gasteiger partial charge is 0.0406 e. The second-order valence-corrected chi connectivity index (χ2v) is 6.03. The van der Waals surface area contributed by atoms with Gasteiger partial charge in [-0.1, -0.05) is 78.3 Å². The highest BCUT2D eigenvalue weighted by atomic mass is 35.5. The van der Waals surface area contributed by atoms with Crippen molar-refractivity contribution in [1.29, 1.82) is 0 Å². The molecule has 1 aliphatic rings. The quantitative estimate of drug-likeness (QED) is 0.536. The number of rotatable bonds is 2. The van der Waals surface area contributed by atoms with E-state index in [2.05, 4.69) is 66.7 Å². The Hall–Kier alpha value is -2.31.